The summed E-state index contributed by atoms with van der Waals surface area (Å²) >= 11 is 0. The molecule has 0 bridgehead atoms. The first kappa shape index (κ1) is 12.8. The van der Waals surface area contributed by atoms with Gasteiger partial charge in [-0.05, 0) is 19.1 Å². The molecule has 1 aliphatic rings. The minimum atomic E-state index is -0.184. The number of pyridine rings is 1. The molecule has 6 heteroatoms. The highest BCUT2D eigenvalue weighted by molar-refractivity contribution is 5.92. The van der Waals surface area contributed by atoms with Crippen molar-refractivity contribution in [2.75, 3.05) is 38.2 Å². The zero-order valence-corrected chi connectivity index (χ0v) is 10.5. The number of carbonyl (C=O) groups is 1. The van der Waals surface area contributed by atoms with Crippen LogP contribution < -0.4 is 10.7 Å². The van der Waals surface area contributed by atoms with Gasteiger partial charge in [0.15, 0.2) is 0 Å². The molecule has 1 aromatic heterocycles. The second-order valence-corrected chi connectivity index (χ2v) is 4.00. The van der Waals surface area contributed by atoms with E-state index < -0.39 is 0 Å². The van der Waals surface area contributed by atoms with E-state index in [9.17, 15) is 4.79 Å². The van der Waals surface area contributed by atoms with Gasteiger partial charge in [0.2, 0.25) is 0 Å². The smallest absolute Gasteiger partial charge is 0.284 e. The fourth-order valence-electron chi connectivity index (χ4n) is 1.74. The highest BCUT2D eigenvalue weighted by Crippen LogP contribution is 2.07. The SMILES string of the molecule is CCNc1ccnc(C(=O)NN2CCOCC2)c1. The molecule has 18 heavy (non-hydrogen) atoms. The molecule has 1 aliphatic heterocycles. The Hall–Kier alpha value is -1.66. The van der Waals surface area contributed by atoms with E-state index in [-0.39, 0.29) is 5.91 Å². The molecule has 6 nitrogen and oxygen atoms in total. The number of nitrogens with zero attached hydrogens (tertiary/aromatic N) is 2. The van der Waals surface area contributed by atoms with Crippen LogP contribution in [0.1, 0.15) is 17.4 Å². The van der Waals surface area contributed by atoms with E-state index in [1.54, 1.807) is 12.3 Å². The van der Waals surface area contributed by atoms with Gasteiger partial charge in [-0.15, -0.1) is 0 Å². The Bertz CT molecular complexity index is 405. The van der Waals surface area contributed by atoms with Crippen molar-refractivity contribution in [3.05, 3.63) is 24.0 Å². The van der Waals surface area contributed by atoms with Crippen LogP contribution in [0.2, 0.25) is 0 Å². The average Bonchev–Trinajstić information content (AvgIpc) is 2.40. The zero-order valence-electron chi connectivity index (χ0n) is 10.5. The second kappa shape index (κ2) is 6.32. The third-order valence-electron chi connectivity index (χ3n) is 2.64. The molecule has 0 aromatic carbocycles. The van der Waals surface area contributed by atoms with E-state index in [4.69, 9.17) is 4.74 Å². The summed E-state index contributed by atoms with van der Waals surface area (Å²) in [7, 11) is 0. The van der Waals surface area contributed by atoms with Gasteiger partial charge in [0.1, 0.15) is 5.69 Å². The maximum absolute atomic E-state index is 12.0. The van der Waals surface area contributed by atoms with Crippen molar-refractivity contribution in [2.45, 2.75) is 6.92 Å². The van der Waals surface area contributed by atoms with Gasteiger partial charge in [0, 0.05) is 31.5 Å². The molecule has 0 unspecified atom stereocenters. The zero-order chi connectivity index (χ0) is 12.8. The van der Waals surface area contributed by atoms with E-state index in [0.29, 0.717) is 32.0 Å². The minimum Gasteiger partial charge on any atom is -0.385 e. The maximum Gasteiger partial charge on any atom is 0.284 e. The van der Waals surface area contributed by atoms with Crippen molar-refractivity contribution in [3.8, 4) is 0 Å². The molecule has 1 fully saturated rings. The number of nitrogens with one attached hydrogen (secondary N) is 2. The fourth-order valence-corrected chi connectivity index (χ4v) is 1.74. The van der Waals surface area contributed by atoms with Gasteiger partial charge in [0.25, 0.3) is 5.91 Å². The normalized spacial score (nSPS) is 16.3. The molecular formula is C12H18N4O2. The van der Waals surface area contributed by atoms with Crippen molar-refractivity contribution in [1.29, 1.82) is 0 Å². The van der Waals surface area contributed by atoms with Gasteiger partial charge in [0.05, 0.1) is 13.2 Å². The highest BCUT2D eigenvalue weighted by Gasteiger charge is 2.15. The standard InChI is InChI=1S/C12H18N4O2/c1-2-13-10-3-4-14-11(9-10)12(17)15-16-5-7-18-8-6-16/h3-4,9H,2,5-8H2,1H3,(H,13,14)(H,15,17). The lowest BCUT2D eigenvalue weighted by Crippen LogP contribution is -2.48. The number of carbonyl (C=O) groups excluding carboxylic acids is 1. The molecule has 0 aliphatic carbocycles. The number of ether oxygens (including phenoxy) is 1. The first-order valence-corrected chi connectivity index (χ1v) is 6.13. The van der Waals surface area contributed by atoms with Crippen molar-refractivity contribution in [2.24, 2.45) is 0 Å². The summed E-state index contributed by atoms with van der Waals surface area (Å²) in [6, 6.07) is 3.59. The lowest BCUT2D eigenvalue weighted by Gasteiger charge is -2.26. The van der Waals surface area contributed by atoms with E-state index in [1.807, 2.05) is 18.0 Å². The van der Waals surface area contributed by atoms with Gasteiger partial charge in [-0.1, -0.05) is 0 Å². The average molecular weight is 250 g/mol. The number of amides is 1. The summed E-state index contributed by atoms with van der Waals surface area (Å²) in [6.07, 6.45) is 1.63. The van der Waals surface area contributed by atoms with Crippen LogP contribution in [0.5, 0.6) is 0 Å². The molecule has 1 aromatic rings. The Balaban J connectivity index is 1.96. The van der Waals surface area contributed by atoms with E-state index in [1.165, 1.54) is 0 Å². The van der Waals surface area contributed by atoms with Crippen LogP contribution in [0.15, 0.2) is 18.3 Å². The van der Waals surface area contributed by atoms with Crippen LogP contribution in [0.3, 0.4) is 0 Å². The number of rotatable bonds is 4. The first-order chi connectivity index (χ1) is 8.79. The molecular weight excluding hydrogens is 232 g/mol. The number of aromatic nitrogens is 1. The number of morpholine rings is 1. The molecule has 0 saturated carbocycles. The van der Waals surface area contributed by atoms with Crippen LogP contribution in [0.4, 0.5) is 5.69 Å². The molecule has 0 radical (unpaired) electrons. The van der Waals surface area contributed by atoms with E-state index in [0.717, 1.165) is 12.2 Å². The van der Waals surface area contributed by atoms with Crippen LogP contribution >= 0.6 is 0 Å². The largest absolute Gasteiger partial charge is 0.385 e. The van der Waals surface area contributed by atoms with Gasteiger partial charge < -0.3 is 10.1 Å². The third-order valence-corrected chi connectivity index (χ3v) is 2.64. The number of anilines is 1. The van der Waals surface area contributed by atoms with Gasteiger partial charge >= 0.3 is 0 Å². The monoisotopic (exact) mass is 250 g/mol. The summed E-state index contributed by atoms with van der Waals surface area (Å²) < 4.78 is 5.22. The first-order valence-electron chi connectivity index (χ1n) is 6.13. The molecule has 2 rings (SSSR count). The Morgan fingerprint density at radius 3 is 3.00 bits per heavy atom. The van der Waals surface area contributed by atoms with Crippen molar-refractivity contribution in [1.82, 2.24) is 15.4 Å². The van der Waals surface area contributed by atoms with Crippen LogP contribution in [0, 0.1) is 0 Å². The topological polar surface area (TPSA) is 66.5 Å². The lowest BCUT2D eigenvalue weighted by molar-refractivity contribution is 0.0124. The molecule has 2 heterocycles. The predicted molar refractivity (Wildman–Crippen MR) is 68.3 cm³/mol. The van der Waals surface area contributed by atoms with Crippen LogP contribution in [0.25, 0.3) is 0 Å². The highest BCUT2D eigenvalue weighted by atomic mass is 16.5. The summed E-state index contributed by atoms with van der Waals surface area (Å²) in [6.45, 7) is 5.52. The number of hydrogen-bond donors (Lipinski definition) is 2. The quantitative estimate of drug-likeness (QED) is 0.814. The maximum atomic E-state index is 12.0. The summed E-state index contributed by atoms with van der Waals surface area (Å²) in [4.78, 5) is 16.1. The summed E-state index contributed by atoms with van der Waals surface area (Å²) in [5, 5.41) is 5.01. The number of hydrogen-bond acceptors (Lipinski definition) is 5. The predicted octanol–water partition coefficient (Wildman–Crippen LogP) is 0.490. The van der Waals surface area contributed by atoms with Gasteiger partial charge in [-0.25, -0.2) is 5.01 Å². The van der Waals surface area contributed by atoms with Gasteiger partial charge in [-0.3, -0.25) is 15.2 Å². The summed E-state index contributed by atoms with van der Waals surface area (Å²) in [5.41, 5.74) is 4.15. The minimum absolute atomic E-state index is 0.184. The Labute approximate surface area is 106 Å². The van der Waals surface area contributed by atoms with Gasteiger partial charge in [-0.2, -0.15) is 0 Å². The Morgan fingerprint density at radius 1 is 1.50 bits per heavy atom. The molecule has 1 saturated heterocycles. The molecule has 1 amide bonds. The van der Waals surface area contributed by atoms with E-state index >= 15 is 0 Å². The summed E-state index contributed by atoms with van der Waals surface area (Å²) in [5.74, 6) is -0.184. The number of hydrazine groups is 1. The lowest BCUT2D eigenvalue weighted by atomic mass is 10.3. The molecule has 98 valence electrons. The van der Waals surface area contributed by atoms with Crippen molar-refractivity contribution >= 4 is 11.6 Å². The Kier molecular flexibility index (Phi) is 4.49. The van der Waals surface area contributed by atoms with Crippen LogP contribution in [-0.2, 0) is 4.74 Å². The van der Waals surface area contributed by atoms with Crippen molar-refractivity contribution in [3.63, 3.8) is 0 Å². The van der Waals surface area contributed by atoms with Crippen molar-refractivity contribution < 1.29 is 9.53 Å². The van der Waals surface area contributed by atoms with Crippen LogP contribution in [-0.4, -0.2) is 48.7 Å². The molecule has 0 atom stereocenters. The molecule has 2 N–H and O–H groups in total. The second-order valence-electron chi connectivity index (χ2n) is 4.00. The van der Waals surface area contributed by atoms with E-state index in [2.05, 4.69) is 15.7 Å². The Morgan fingerprint density at radius 2 is 2.28 bits per heavy atom. The third kappa shape index (κ3) is 3.41. The fraction of sp³-hybridized carbons (Fsp3) is 0.500. The molecule has 0 spiro atoms.